The molecule has 0 radical (unpaired) electrons. The third kappa shape index (κ3) is 4.23. The van der Waals surface area contributed by atoms with Gasteiger partial charge < -0.3 is 5.32 Å². The van der Waals surface area contributed by atoms with Crippen LogP contribution in [0.25, 0.3) is 0 Å². The highest BCUT2D eigenvalue weighted by atomic mass is 35.5. The summed E-state index contributed by atoms with van der Waals surface area (Å²) in [6.45, 7) is 5.47. The number of nitrogens with one attached hydrogen (secondary N) is 1. The zero-order valence-electron chi connectivity index (χ0n) is 9.59. The molecular weight excluding hydrogens is 206 g/mol. The Morgan fingerprint density at radius 3 is 2.67 bits per heavy atom. The van der Waals surface area contributed by atoms with Gasteiger partial charge in [-0.3, -0.25) is 0 Å². The monoisotopic (exact) mass is 225 g/mol. The highest BCUT2D eigenvalue weighted by Crippen LogP contribution is 2.21. The van der Waals surface area contributed by atoms with Crippen LogP contribution < -0.4 is 5.32 Å². The second-order valence-electron chi connectivity index (χ2n) is 3.85. The van der Waals surface area contributed by atoms with Crippen LogP contribution in [0.3, 0.4) is 0 Å². The molecule has 15 heavy (non-hydrogen) atoms. The number of hydrogen-bond donors (Lipinski definition) is 1. The van der Waals surface area contributed by atoms with Crippen molar-refractivity contribution in [2.24, 2.45) is 0 Å². The van der Waals surface area contributed by atoms with Gasteiger partial charge >= 0.3 is 0 Å². The second-order valence-corrected chi connectivity index (χ2v) is 4.29. The predicted octanol–water partition coefficient (Wildman–Crippen LogP) is 4.18. The fourth-order valence-electron chi connectivity index (χ4n) is 1.72. The summed E-state index contributed by atoms with van der Waals surface area (Å²) >= 11 is 6.00. The average molecular weight is 226 g/mol. The number of benzene rings is 1. The smallest absolute Gasteiger partial charge is 0.0409 e. The molecule has 0 amide bonds. The summed E-state index contributed by atoms with van der Waals surface area (Å²) in [4.78, 5) is 0. The Bertz CT molecular complexity index is 286. The molecule has 1 N–H and O–H groups in total. The van der Waals surface area contributed by atoms with E-state index in [1.807, 2.05) is 12.1 Å². The van der Waals surface area contributed by atoms with Gasteiger partial charge in [0.2, 0.25) is 0 Å². The Kier molecular flexibility index (Phi) is 5.74. The van der Waals surface area contributed by atoms with Crippen LogP contribution in [0.5, 0.6) is 0 Å². The van der Waals surface area contributed by atoms with Crippen molar-refractivity contribution in [3.63, 3.8) is 0 Å². The number of hydrogen-bond acceptors (Lipinski definition) is 1. The van der Waals surface area contributed by atoms with Crippen molar-refractivity contribution in [3.8, 4) is 0 Å². The first-order chi connectivity index (χ1) is 7.27. The van der Waals surface area contributed by atoms with Gasteiger partial charge in [0.1, 0.15) is 0 Å². The molecule has 84 valence electrons. The predicted molar refractivity (Wildman–Crippen MR) is 67.4 cm³/mol. The quantitative estimate of drug-likeness (QED) is 0.766. The van der Waals surface area contributed by atoms with Crippen molar-refractivity contribution >= 4 is 11.6 Å². The topological polar surface area (TPSA) is 12.0 Å². The Balaban J connectivity index is 2.69. The minimum Gasteiger partial charge on any atom is -0.310 e. The third-order valence-electron chi connectivity index (χ3n) is 2.47. The first-order valence-electron chi connectivity index (χ1n) is 5.76. The fourth-order valence-corrected chi connectivity index (χ4v) is 1.92. The first kappa shape index (κ1) is 12.5. The van der Waals surface area contributed by atoms with Gasteiger partial charge in [-0.25, -0.2) is 0 Å². The molecule has 0 spiro atoms. The lowest BCUT2D eigenvalue weighted by molar-refractivity contribution is 0.494. The maximum absolute atomic E-state index is 6.00. The molecule has 0 fully saturated rings. The highest BCUT2D eigenvalue weighted by Gasteiger charge is 2.09. The Morgan fingerprint density at radius 2 is 2.07 bits per heavy atom. The van der Waals surface area contributed by atoms with E-state index in [-0.39, 0.29) is 0 Å². The van der Waals surface area contributed by atoms with Gasteiger partial charge in [-0.1, -0.05) is 44.0 Å². The van der Waals surface area contributed by atoms with Crippen molar-refractivity contribution < 1.29 is 0 Å². The van der Waals surface area contributed by atoms with Crippen LogP contribution >= 0.6 is 11.6 Å². The molecule has 1 atom stereocenters. The van der Waals surface area contributed by atoms with Gasteiger partial charge in [-0.2, -0.15) is 0 Å². The molecule has 0 bridgehead atoms. The van der Waals surface area contributed by atoms with Crippen LogP contribution in [0.4, 0.5) is 0 Å². The van der Waals surface area contributed by atoms with Crippen LogP contribution in [0.1, 0.15) is 44.7 Å². The van der Waals surface area contributed by atoms with Crippen LogP contribution in [0.2, 0.25) is 5.02 Å². The largest absolute Gasteiger partial charge is 0.310 e. The average Bonchev–Trinajstić information content (AvgIpc) is 2.24. The van der Waals surface area contributed by atoms with Crippen molar-refractivity contribution in [3.05, 3.63) is 34.9 Å². The number of rotatable bonds is 6. The van der Waals surface area contributed by atoms with Crippen LogP contribution in [0.15, 0.2) is 24.3 Å². The van der Waals surface area contributed by atoms with Gasteiger partial charge in [0.25, 0.3) is 0 Å². The van der Waals surface area contributed by atoms with E-state index < -0.39 is 0 Å². The van der Waals surface area contributed by atoms with Crippen LogP contribution in [0, 0.1) is 0 Å². The van der Waals surface area contributed by atoms with Crippen molar-refractivity contribution in [2.75, 3.05) is 6.54 Å². The zero-order valence-corrected chi connectivity index (χ0v) is 10.3. The lowest BCUT2D eigenvalue weighted by Gasteiger charge is -2.18. The van der Waals surface area contributed by atoms with Crippen molar-refractivity contribution in [2.45, 2.75) is 39.2 Å². The van der Waals surface area contributed by atoms with Gasteiger partial charge in [0, 0.05) is 11.1 Å². The zero-order chi connectivity index (χ0) is 11.1. The lowest BCUT2D eigenvalue weighted by atomic mass is 10.0. The van der Waals surface area contributed by atoms with E-state index in [0.717, 1.165) is 11.6 Å². The SMILES string of the molecule is CCCNC(CCC)c1cccc(Cl)c1. The van der Waals surface area contributed by atoms with Gasteiger partial charge in [-0.15, -0.1) is 0 Å². The summed E-state index contributed by atoms with van der Waals surface area (Å²) in [5.74, 6) is 0. The molecule has 2 heteroatoms. The van der Waals surface area contributed by atoms with E-state index in [4.69, 9.17) is 11.6 Å². The summed E-state index contributed by atoms with van der Waals surface area (Å²) < 4.78 is 0. The Labute approximate surface area is 97.8 Å². The molecule has 0 aromatic heterocycles. The standard InChI is InChI=1S/C13H20ClN/c1-3-6-13(15-9-4-2)11-7-5-8-12(14)10-11/h5,7-8,10,13,15H,3-4,6,9H2,1-2H3. The molecule has 1 nitrogen and oxygen atoms in total. The van der Waals surface area contributed by atoms with E-state index >= 15 is 0 Å². The summed E-state index contributed by atoms with van der Waals surface area (Å²) in [5.41, 5.74) is 1.30. The van der Waals surface area contributed by atoms with E-state index in [1.165, 1.54) is 24.8 Å². The normalized spacial score (nSPS) is 12.7. The fraction of sp³-hybridized carbons (Fsp3) is 0.538. The molecule has 0 aliphatic heterocycles. The molecule has 1 aromatic carbocycles. The van der Waals surface area contributed by atoms with Gasteiger partial charge in [-0.05, 0) is 37.1 Å². The minimum atomic E-state index is 0.452. The molecule has 0 saturated carbocycles. The summed E-state index contributed by atoms with van der Waals surface area (Å²) in [6, 6.07) is 8.61. The van der Waals surface area contributed by atoms with E-state index in [0.29, 0.717) is 6.04 Å². The molecular formula is C13H20ClN. The highest BCUT2D eigenvalue weighted by molar-refractivity contribution is 6.30. The maximum atomic E-state index is 6.00. The minimum absolute atomic E-state index is 0.452. The molecule has 0 heterocycles. The van der Waals surface area contributed by atoms with E-state index in [9.17, 15) is 0 Å². The Hall–Kier alpha value is -0.530. The third-order valence-corrected chi connectivity index (χ3v) is 2.70. The molecule has 1 rings (SSSR count). The maximum Gasteiger partial charge on any atom is 0.0409 e. The summed E-state index contributed by atoms with van der Waals surface area (Å²) in [6.07, 6.45) is 3.52. The lowest BCUT2D eigenvalue weighted by Crippen LogP contribution is -2.21. The van der Waals surface area contributed by atoms with Crippen molar-refractivity contribution in [1.29, 1.82) is 0 Å². The molecule has 0 saturated heterocycles. The second kappa shape index (κ2) is 6.86. The van der Waals surface area contributed by atoms with Crippen LogP contribution in [-0.4, -0.2) is 6.54 Å². The molecule has 1 unspecified atom stereocenters. The van der Waals surface area contributed by atoms with E-state index in [2.05, 4.69) is 31.3 Å². The molecule has 0 aliphatic carbocycles. The van der Waals surface area contributed by atoms with Gasteiger partial charge in [0.05, 0.1) is 0 Å². The first-order valence-corrected chi connectivity index (χ1v) is 6.14. The summed E-state index contributed by atoms with van der Waals surface area (Å²) in [5, 5.41) is 4.38. The number of halogens is 1. The van der Waals surface area contributed by atoms with E-state index in [1.54, 1.807) is 0 Å². The molecule has 0 aliphatic rings. The summed E-state index contributed by atoms with van der Waals surface area (Å²) in [7, 11) is 0. The Morgan fingerprint density at radius 1 is 1.27 bits per heavy atom. The van der Waals surface area contributed by atoms with Gasteiger partial charge in [0.15, 0.2) is 0 Å². The van der Waals surface area contributed by atoms with Crippen LogP contribution in [-0.2, 0) is 0 Å². The van der Waals surface area contributed by atoms with Crippen molar-refractivity contribution in [1.82, 2.24) is 5.32 Å². The molecule has 1 aromatic rings.